The van der Waals surface area contributed by atoms with E-state index in [1.807, 2.05) is 22.2 Å². The SMILES string of the molecule is Cc1cc2ccccc2n1C.Cn1ccc2ccccc21.c1cn2ccsc2n1. The highest BCUT2D eigenvalue weighted by Crippen LogP contribution is 2.16. The van der Waals surface area contributed by atoms with Gasteiger partial charge in [0, 0.05) is 61.0 Å². The van der Waals surface area contributed by atoms with Gasteiger partial charge in [-0.2, -0.15) is 0 Å². The predicted molar refractivity (Wildman–Crippen MR) is 124 cm³/mol. The number of thiazole rings is 1. The van der Waals surface area contributed by atoms with Gasteiger partial charge >= 0.3 is 0 Å². The molecule has 0 radical (unpaired) electrons. The van der Waals surface area contributed by atoms with E-state index in [4.69, 9.17) is 0 Å². The average Bonchev–Trinajstić information content (AvgIpc) is 3.50. The van der Waals surface area contributed by atoms with Gasteiger partial charge < -0.3 is 9.13 Å². The molecule has 0 amide bonds. The molecule has 0 saturated carbocycles. The van der Waals surface area contributed by atoms with E-state index in [0.29, 0.717) is 0 Å². The molecule has 0 aliphatic rings. The third kappa shape index (κ3) is 4.10. The fraction of sp³-hybridized carbons (Fsp3) is 0.125. The van der Waals surface area contributed by atoms with Crippen LogP contribution in [0.4, 0.5) is 0 Å². The first-order valence-corrected chi connectivity index (χ1v) is 10.4. The van der Waals surface area contributed by atoms with E-state index in [1.54, 1.807) is 17.5 Å². The number of fused-ring (bicyclic) bond motifs is 3. The van der Waals surface area contributed by atoms with Crippen molar-refractivity contribution in [2.75, 3.05) is 0 Å². The van der Waals surface area contributed by atoms with Gasteiger partial charge in [0.15, 0.2) is 4.96 Å². The monoisotopic (exact) mass is 400 g/mol. The zero-order valence-corrected chi connectivity index (χ0v) is 17.7. The van der Waals surface area contributed by atoms with Gasteiger partial charge in [0.25, 0.3) is 0 Å². The van der Waals surface area contributed by atoms with E-state index in [2.05, 4.69) is 102 Å². The fourth-order valence-corrected chi connectivity index (χ4v) is 3.99. The van der Waals surface area contributed by atoms with Crippen LogP contribution in [0.15, 0.2) is 90.8 Å². The molecule has 5 heteroatoms. The van der Waals surface area contributed by atoms with Crippen molar-refractivity contribution >= 4 is 38.1 Å². The molecule has 0 aliphatic heterocycles. The van der Waals surface area contributed by atoms with E-state index in [1.165, 1.54) is 27.5 Å². The Morgan fingerprint density at radius 1 is 0.793 bits per heavy atom. The number of benzene rings is 2. The van der Waals surface area contributed by atoms with Crippen LogP contribution in [-0.4, -0.2) is 18.5 Å². The van der Waals surface area contributed by atoms with Gasteiger partial charge in [0.1, 0.15) is 0 Å². The lowest BCUT2D eigenvalue weighted by molar-refractivity contribution is 0.918. The lowest BCUT2D eigenvalue weighted by Gasteiger charge is -1.96. The molecule has 6 aromatic rings. The number of nitrogens with zero attached hydrogens (tertiary/aromatic N) is 4. The molecule has 0 fully saturated rings. The number of hydrogen-bond donors (Lipinski definition) is 0. The van der Waals surface area contributed by atoms with Crippen LogP contribution in [0.25, 0.3) is 26.8 Å². The molecule has 0 atom stereocenters. The third-order valence-electron chi connectivity index (χ3n) is 5.01. The van der Waals surface area contributed by atoms with Crippen LogP contribution in [0.1, 0.15) is 5.69 Å². The maximum Gasteiger partial charge on any atom is 0.193 e. The first-order chi connectivity index (χ1) is 14.1. The van der Waals surface area contributed by atoms with Gasteiger partial charge in [-0.1, -0.05) is 36.4 Å². The van der Waals surface area contributed by atoms with E-state index >= 15 is 0 Å². The van der Waals surface area contributed by atoms with Crippen LogP contribution in [-0.2, 0) is 14.1 Å². The zero-order chi connectivity index (χ0) is 20.2. The molecule has 29 heavy (non-hydrogen) atoms. The molecule has 0 bridgehead atoms. The summed E-state index contributed by atoms with van der Waals surface area (Å²) in [5.41, 5.74) is 3.92. The smallest absolute Gasteiger partial charge is 0.193 e. The highest BCUT2D eigenvalue weighted by atomic mass is 32.1. The fourth-order valence-electron chi connectivity index (χ4n) is 3.31. The maximum absolute atomic E-state index is 4.06. The van der Waals surface area contributed by atoms with Crippen molar-refractivity contribution in [2.24, 2.45) is 14.1 Å². The van der Waals surface area contributed by atoms with Crippen LogP contribution >= 0.6 is 11.3 Å². The van der Waals surface area contributed by atoms with E-state index in [-0.39, 0.29) is 0 Å². The Labute approximate surface area is 174 Å². The summed E-state index contributed by atoms with van der Waals surface area (Å²) in [5.74, 6) is 0. The second-order valence-corrected chi connectivity index (χ2v) is 7.78. The molecule has 0 unspecified atom stereocenters. The Morgan fingerprint density at radius 3 is 2.24 bits per heavy atom. The van der Waals surface area contributed by atoms with Crippen molar-refractivity contribution in [1.29, 1.82) is 0 Å². The Balaban J connectivity index is 0.000000107. The van der Waals surface area contributed by atoms with Crippen LogP contribution in [0.3, 0.4) is 0 Å². The van der Waals surface area contributed by atoms with Gasteiger partial charge in [-0.3, -0.25) is 4.40 Å². The predicted octanol–water partition coefficient (Wildman–Crippen LogP) is 6.06. The Morgan fingerprint density at radius 2 is 1.52 bits per heavy atom. The summed E-state index contributed by atoms with van der Waals surface area (Å²) >= 11 is 1.65. The van der Waals surface area contributed by atoms with Gasteiger partial charge in [-0.15, -0.1) is 11.3 Å². The van der Waals surface area contributed by atoms with Crippen LogP contribution in [0.2, 0.25) is 0 Å². The van der Waals surface area contributed by atoms with Crippen LogP contribution in [0, 0.1) is 6.92 Å². The minimum Gasteiger partial charge on any atom is -0.351 e. The van der Waals surface area contributed by atoms with Gasteiger partial charge in [-0.25, -0.2) is 4.98 Å². The van der Waals surface area contributed by atoms with Crippen molar-refractivity contribution in [3.63, 3.8) is 0 Å². The quantitative estimate of drug-likeness (QED) is 0.304. The minimum atomic E-state index is 1.06. The van der Waals surface area contributed by atoms with Crippen molar-refractivity contribution in [3.8, 4) is 0 Å². The largest absolute Gasteiger partial charge is 0.351 e. The molecule has 4 heterocycles. The summed E-state index contributed by atoms with van der Waals surface area (Å²) in [5, 5.41) is 4.65. The first kappa shape index (κ1) is 19.0. The topological polar surface area (TPSA) is 27.2 Å². The zero-order valence-electron chi connectivity index (χ0n) is 16.9. The van der Waals surface area contributed by atoms with Crippen molar-refractivity contribution in [3.05, 3.63) is 96.5 Å². The van der Waals surface area contributed by atoms with Crippen LogP contribution < -0.4 is 0 Å². The van der Waals surface area contributed by atoms with Crippen LogP contribution in [0.5, 0.6) is 0 Å². The van der Waals surface area contributed by atoms with E-state index in [9.17, 15) is 0 Å². The number of aryl methyl sites for hydroxylation is 3. The summed E-state index contributed by atoms with van der Waals surface area (Å²) < 4.78 is 6.31. The molecule has 4 nitrogen and oxygen atoms in total. The Bertz CT molecular complexity index is 1300. The summed E-state index contributed by atoms with van der Waals surface area (Å²) in [6, 6.07) is 21.1. The number of imidazole rings is 1. The molecular formula is C24H24N4S. The normalized spacial score (nSPS) is 10.6. The molecule has 0 N–H and O–H groups in total. The number of aromatic nitrogens is 4. The van der Waals surface area contributed by atoms with Gasteiger partial charge in [0.2, 0.25) is 0 Å². The molecule has 0 aliphatic carbocycles. The summed E-state index contributed by atoms with van der Waals surface area (Å²) in [6.45, 7) is 2.12. The van der Waals surface area contributed by atoms with Crippen molar-refractivity contribution in [1.82, 2.24) is 18.5 Å². The number of rotatable bonds is 0. The molecule has 6 rings (SSSR count). The molecule has 4 aromatic heterocycles. The minimum absolute atomic E-state index is 1.06. The van der Waals surface area contributed by atoms with Gasteiger partial charge in [-0.05, 0) is 42.0 Å². The van der Waals surface area contributed by atoms with E-state index < -0.39 is 0 Å². The number of para-hydroxylation sites is 2. The van der Waals surface area contributed by atoms with Gasteiger partial charge in [0.05, 0.1) is 0 Å². The second kappa shape index (κ2) is 8.37. The Kier molecular flexibility index (Phi) is 5.49. The molecular weight excluding hydrogens is 376 g/mol. The van der Waals surface area contributed by atoms with Crippen molar-refractivity contribution in [2.45, 2.75) is 6.92 Å². The number of hydrogen-bond acceptors (Lipinski definition) is 2. The second-order valence-electron chi connectivity index (χ2n) is 6.91. The molecule has 0 saturated heterocycles. The molecule has 146 valence electrons. The molecule has 0 spiro atoms. The summed E-state index contributed by atoms with van der Waals surface area (Å²) in [4.78, 5) is 5.12. The Hall–Kier alpha value is -3.31. The standard InChI is InChI=1S/C10H11N.C9H9N.C5H4N2S/c1-8-7-9-5-3-4-6-10(9)11(8)2;1-10-7-6-8-4-2-3-5-9(8)10;1-2-7-3-4-8-5(7)6-1/h3-7H,1-2H3;2-7H,1H3;1-4H. The first-order valence-electron chi connectivity index (χ1n) is 9.51. The van der Waals surface area contributed by atoms with Crippen molar-refractivity contribution < 1.29 is 0 Å². The molecule has 2 aromatic carbocycles. The summed E-state index contributed by atoms with van der Waals surface area (Å²) in [7, 11) is 4.15. The van der Waals surface area contributed by atoms with E-state index in [0.717, 1.165) is 4.96 Å². The lowest BCUT2D eigenvalue weighted by atomic mass is 10.2. The third-order valence-corrected chi connectivity index (χ3v) is 5.80. The summed E-state index contributed by atoms with van der Waals surface area (Å²) in [6.07, 6.45) is 7.80. The average molecular weight is 401 g/mol. The maximum atomic E-state index is 4.06. The highest BCUT2D eigenvalue weighted by Gasteiger charge is 1.98. The highest BCUT2D eigenvalue weighted by molar-refractivity contribution is 7.15. The lowest BCUT2D eigenvalue weighted by Crippen LogP contribution is -1.88.